The van der Waals surface area contributed by atoms with Gasteiger partial charge in [-0.2, -0.15) is 0 Å². The van der Waals surface area contributed by atoms with E-state index in [4.69, 9.17) is 18.9 Å². The van der Waals surface area contributed by atoms with Crippen LogP contribution in [-0.2, 0) is 23.9 Å². The second-order valence-electron chi connectivity index (χ2n) is 9.81. The Balaban J connectivity index is 1.86. The number of ketones is 1. The minimum atomic E-state index is -0.955. The lowest BCUT2D eigenvalue weighted by Crippen LogP contribution is -2.43. The fourth-order valence-corrected chi connectivity index (χ4v) is 5.72. The molecule has 4 rings (SSSR count). The van der Waals surface area contributed by atoms with Crippen LogP contribution in [0.2, 0.25) is 0 Å². The number of allylic oxidation sites excluding steroid dienone is 3. The highest BCUT2D eigenvalue weighted by atomic mass is 16.5. The molecule has 0 amide bonds. The molecule has 194 valence electrons. The first kappa shape index (κ1) is 25.8. The van der Waals surface area contributed by atoms with Crippen LogP contribution in [0.4, 0.5) is 0 Å². The van der Waals surface area contributed by atoms with Gasteiger partial charge in [-0.05, 0) is 63.1 Å². The molecule has 1 saturated carbocycles. The SMILES string of the molecule is COC(=O)[C@@H]1C(=O)C2=C(C[C@H]1C)NC(C)=C(C(=O)OC1CCCCC1)[C@H]2c1cc(OC)ccc1OC. The molecule has 1 aliphatic heterocycles. The van der Waals surface area contributed by atoms with E-state index in [0.717, 1.165) is 32.1 Å². The number of methoxy groups -OCH3 is 3. The second kappa shape index (κ2) is 10.8. The minimum Gasteiger partial charge on any atom is -0.497 e. The zero-order valence-corrected chi connectivity index (χ0v) is 21.6. The van der Waals surface area contributed by atoms with Crippen molar-refractivity contribution in [2.24, 2.45) is 11.8 Å². The lowest BCUT2D eigenvalue weighted by atomic mass is 9.69. The Morgan fingerprint density at radius 1 is 1.03 bits per heavy atom. The van der Waals surface area contributed by atoms with Crippen LogP contribution in [-0.4, -0.2) is 45.2 Å². The van der Waals surface area contributed by atoms with Gasteiger partial charge in [-0.15, -0.1) is 0 Å². The number of hydrogen-bond acceptors (Lipinski definition) is 8. The fourth-order valence-electron chi connectivity index (χ4n) is 5.72. The number of esters is 2. The van der Waals surface area contributed by atoms with Gasteiger partial charge < -0.3 is 24.3 Å². The Hall–Kier alpha value is -3.29. The molecular weight excluding hydrogens is 462 g/mol. The van der Waals surface area contributed by atoms with E-state index in [1.54, 1.807) is 32.4 Å². The second-order valence-corrected chi connectivity index (χ2v) is 9.81. The third-order valence-electron chi connectivity index (χ3n) is 7.54. The number of dihydropyridines is 1. The van der Waals surface area contributed by atoms with Gasteiger partial charge in [0.25, 0.3) is 0 Å². The van der Waals surface area contributed by atoms with Crippen molar-refractivity contribution in [3.63, 3.8) is 0 Å². The maximum atomic E-state index is 13.9. The maximum absolute atomic E-state index is 13.9. The average Bonchev–Trinajstić information content (AvgIpc) is 2.87. The summed E-state index contributed by atoms with van der Waals surface area (Å²) in [4.78, 5) is 40.3. The Kier molecular flexibility index (Phi) is 7.71. The number of Topliss-reactive ketones (excluding diaryl/α,β-unsaturated/α-hetero) is 1. The van der Waals surface area contributed by atoms with Gasteiger partial charge >= 0.3 is 11.9 Å². The molecule has 1 N–H and O–H groups in total. The van der Waals surface area contributed by atoms with Crippen molar-refractivity contribution in [2.45, 2.75) is 64.4 Å². The normalized spacial score (nSPS) is 24.6. The Morgan fingerprint density at radius 3 is 2.39 bits per heavy atom. The van der Waals surface area contributed by atoms with Crippen LogP contribution in [0.5, 0.6) is 11.5 Å². The van der Waals surface area contributed by atoms with Crippen LogP contribution >= 0.6 is 0 Å². The van der Waals surface area contributed by atoms with Gasteiger partial charge in [-0.25, -0.2) is 4.79 Å². The van der Waals surface area contributed by atoms with Crippen LogP contribution < -0.4 is 14.8 Å². The van der Waals surface area contributed by atoms with Crippen molar-refractivity contribution in [3.05, 3.63) is 46.3 Å². The molecule has 36 heavy (non-hydrogen) atoms. The molecule has 3 aliphatic rings. The van der Waals surface area contributed by atoms with Gasteiger partial charge in [-0.1, -0.05) is 13.3 Å². The highest BCUT2D eigenvalue weighted by molar-refractivity contribution is 6.12. The summed E-state index contributed by atoms with van der Waals surface area (Å²) in [6.45, 7) is 3.68. The summed E-state index contributed by atoms with van der Waals surface area (Å²) in [6, 6.07) is 5.29. The van der Waals surface area contributed by atoms with E-state index in [2.05, 4.69) is 5.32 Å². The van der Waals surface area contributed by atoms with Gasteiger partial charge in [0.05, 0.1) is 32.8 Å². The number of carbonyl (C=O) groups is 3. The third kappa shape index (κ3) is 4.73. The van der Waals surface area contributed by atoms with E-state index in [9.17, 15) is 14.4 Å². The molecule has 0 radical (unpaired) electrons. The van der Waals surface area contributed by atoms with E-state index in [-0.39, 0.29) is 17.8 Å². The first-order chi connectivity index (χ1) is 17.3. The minimum absolute atomic E-state index is 0.153. The maximum Gasteiger partial charge on any atom is 0.337 e. The summed E-state index contributed by atoms with van der Waals surface area (Å²) in [5, 5.41) is 3.30. The van der Waals surface area contributed by atoms with Crippen molar-refractivity contribution in [3.8, 4) is 11.5 Å². The predicted molar refractivity (Wildman–Crippen MR) is 132 cm³/mol. The summed E-state index contributed by atoms with van der Waals surface area (Å²) < 4.78 is 22.1. The predicted octanol–water partition coefficient (Wildman–Crippen LogP) is 4.19. The third-order valence-corrected chi connectivity index (χ3v) is 7.54. The highest BCUT2D eigenvalue weighted by Gasteiger charge is 2.48. The largest absolute Gasteiger partial charge is 0.497 e. The zero-order valence-electron chi connectivity index (χ0n) is 21.6. The van der Waals surface area contributed by atoms with Crippen molar-refractivity contribution >= 4 is 17.7 Å². The van der Waals surface area contributed by atoms with Gasteiger partial charge in [0, 0.05) is 22.5 Å². The number of carbonyl (C=O) groups excluding carboxylic acids is 3. The van der Waals surface area contributed by atoms with E-state index >= 15 is 0 Å². The van der Waals surface area contributed by atoms with Gasteiger partial charge in [0.2, 0.25) is 0 Å². The van der Waals surface area contributed by atoms with Crippen molar-refractivity contribution < 1.29 is 33.3 Å². The van der Waals surface area contributed by atoms with Crippen LogP contribution in [0.15, 0.2) is 40.7 Å². The van der Waals surface area contributed by atoms with Crippen LogP contribution in [0, 0.1) is 11.8 Å². The molecule has 0 unspecified atom stereocenters. The van der Waals surface area contributed by atoms with Crippen molar-refractivity contribution in [2.75, 3.05) is 21.3 Å². The molecule has 1 fully saturated rings. The van der Waals surface area contributed by atoms with Crippen LogP contribution in [0.25, 0.3) is 0 Å². The van der Waals surface area contributed by atoms with Gasteiger partial charge in [-0.3, -0.25) is 9.59 Å². The molecule has 8 nitrogen and oxygen atoms in total. The number of nitrogens with one attached hydrogen (secondary N) is 1. The number of ether oxygens (including phenoxy) is 4. The molecule has 1 aromatic carbocycles. The highest BCUT2D eigenvalue weighted by Crippen LogP contribution is 2.48. The van der Waals surface area contributed by atoms with E-state index < -0.39 is 23.8 Å². The Bertz CT molecular complexity index is 1110. The summed E-state index contributed by atoms with van der Waals surface area (Å²) in [6.07, 6.45) is 5.15. The molecule has 3 atom stereocenters. The monoisotopic (exact) mass is 497 g/mol. The Morgan fingerprint density at radius 2 is 1.75 bits per heavy atom. The van der Waals surface area contributed by atoms with E-state index in [1.165, 1.54) is 7.11 Å². The summed E-state index contributed by atoms with van der Waals surface area (Å²) in [5.41, 5.74) is 2.65. The number of hydrogen-bond donors (Lipinski definition) is 1. The average molecular weight is 498 g/mol. The molecule has 8 heteroatoms. The molecule has 0 saturated heterocycles. The molecule has 0 aromatic heterocycles. The van der Waals surface area contributed by atoms with E-state index in [1.807, 2.05) is 13.8 Å². The summed E-state index contributed by atoms with van der Waals surface area (Å²) in [7, 11) is 4.38. The number of benzene rings is 1. The van der Waals surface area contributed by atoms with Crippen molar-refractivity contribution in [1.29, 1.82) is 0 Å². The topological polar surface area (TPSA) is 100 Å². The molecular formula is C28H35NO7. The van der Waals surface area contributed by atoms with E-state index in [0.29, 0.717) is 46.0 Å². The van der Waals surface area contributed by atoms with Gasteiger partial charge in [0.1, 0.15) is 23.5 Å². The molecule has 1 aromatic rings. The van der Waals surface area contributed by atoms with Crippen LogP contribution in [0.1, 0.15) is 63.9 Å². The molecule has 0 bridgehead atoms. The fraction of sp³-hybridized carbons (Fsp3) is 0.536. The smallest absolute Gasteiger partial charge is 0.337 e. The number of rotatable bonds is 6. The molecule has 2 aliphatic carbocycles. The molecule has 0 spiro atoms. The van der Waals surface area contributed by atoms with Crippen molar-refractivity contribution in [1.82, 2.24) is 5.32 Å². The quantitative estimate of drug-likeness (QED) is 0.461. The van der Waals surface area contributed by atoms with Gasteiger partial charge in [0.15, 0.2) is 5.78 Å². The standard InChI is InChI=1S/C28H35NO7/c1-15-13-20-25(26(30)22(15)27(31)35-5)24(19-14-18(33-3)11-12-21(19)34-4)23(16(2)29-20)28(32)36-17-9-7-6-8-10-17/h11-12,14-15,17,22,24,29H,6-10,13H2,1-5H3/t15-,22+,24-/m1/s1. The lowest BCUT2D eigenvalue weighted by Gasteiger charge is -2.39. The Labute approximate surface area is 212 Å². The lowest BCUT2D eigenvalue weighted by molar-refractivity contribution is -0.151. The molecule has 1 heterocycles. The summed E-state index contributed by atoms with van der Waals surface area (Å²) >= 11 is 0. The first-order valence-corrected chi connectivity index (χ1v) is 12.6. The van der Waals surface area contributed by atoms with Crippen LogP contribution in [0.3, 0.4) is 0 Å². The summed E-state index contributed by atoms with van der Waals surface area (Å²) in [5.74, 6) is -2.32. The first-order valence-electron chi connectivity index (χ1n) is 12.6. The zero-order chi connectivity index (χ0) is 26.0.